The number of ketones is 1. The summed E-state index contributed by atoms with van der Waals surface area (Å²) in [6, 6.07) is 29.3. The Bertz CT molecular complexity index is 1600. The number of morpholine rings is 1. The fraction of sp³-hybridized carbons (Fsp3) is 0.488. The van der Waals surface area contributed by atoms with Crippen LogP contribution in [0.15, 0.2) is 91.0 Å². The number of amides is 2. The Morgan fingerprint density at radius 2 is 1.46 bits per heavy atom. The highest BCUT2D eigenvalue weighted by Crippen LogP contribution is 2.45. The summed E-state index contributed by atoms with van der Waals surface area (Å²) in [4.78, 5) is 45.3. The minimum Gasteiger partial charge on any atom is -0.392 e. The van der Waals surface area contributed by atoms with Gasteiger partial charge in [0.15, 0.2) is 11.3 Å². The summed E-state index contributed by atoms with van der Waals surface area (Å²) in [7, 11) is 0. The van der Waals surface area contributed by atoms with Crippen molar-refractivity contribution in [2.24, 2.45) is 5.92 Å². The number of hydrogen-bond acceptors (Lipinski definition) is 6. The Labute approximate surface area is 294 Å². The Balaban J connectivity index is 1.05. The second-order valence-corrected chi connectivity index (χ2v) is 15.5. The third-order valence-corrected chi connectivity index (χ3v) is 12.3. The number of carbonyl (C=O) groups is 3. The summed E-state index contributed by atoms with van der Waals surface area (Å²) in [6.45, 7) is 5.57. The number of rotatable bonds is 10. The summed E-state index contributed by atoms with van der Waals surface area (Å²) in [5.41, 5.74) is 0.277. The molecule has 0 radical (unpaired) electrons. The van der Waals surface area contributed by atoms with Crippen LogP contribution < -0.4 is 10.6 Å². The molecule has 5 heterocycles. The number of carbonyl (C=O) groups excluding carboxylic acids is 3. The quantitative estimate of drug-likeness (QED) is 0.132. The number of quaternary nitrogens is 1. The Morgan fingerprint density at radius 1 is 0.860 bits per heavy atom. The highest BCUT2D eigenvalue weighted by Gasteiger charge is 2.59. The largest absolute Gasteiger partial charge is 0.392 e. The van der Waals surface area contributed by atoms with Crippen LogP contribution in [-0.4, -0.2) is 108 Å². The van der Waals surface area contributed by atoms with Crippen molar-refractivity contribution in [3.63, 3.8) is 0 Å². The van der Waals surface area contributed by atoms with E-state index in [1.54, 1.807) is 4.90 Å². The third kappa shape index (κ3) is 5.98. The predicted octanol–water partition coefficient (Wildman–Crippen LogP) is 3.19. The number of nitrogens with one attached hydrogen (secondary N) is 2. The second kappa shape index (κ2) is 13.3. The zero-order chi connectivity index (χ0) is 34.3. The molecule has 2 amide bonds. The molecule has 50 heavy (non-hydrogen) atoms. The Morgan fingerprint density at radius 3 is 2.02 bits per heavy atom. The molecular formula is C41H49N4O5+. The summed E-state index contributed by atoms with van der Waals surface area (Å²) in [5, 5.41) is 17.3. The third-order valence-electron chi connectivity index (χ3n) is 12.3. The van der Waals surface area contributed by atoms with Crippen molar-refractivity contribution in [1.82, 2.24) is 15.5 Å². The first kappa shape index (κ1) is 33.3. The number of ether oxygens (including phenoxy) is 1. The molecule has 0 saturated carbocycles. The summed E-state index contributed by atoms with van der Waals surface area (Å²) >= 11 is 0. The van der Waals surface area contributed by atoms with E-state index in [1.807, 2.05) is 91.0 Å². The van der Waals surface area contributed by atoms with Crippen LogP contribution in [-0.2, 0) is 24.5 Å². The number of Topliss-reactive ketones (excluding diaryl/α,β-unsaturated/α-hetero) is 1. The van der Waals surface area contributed by atoms with Gasteiger partial charge in [0.1, 0.15) is 31.3 Å². The van der Waals surface area contributed by atoms with Gasteiger partial charge in [-0.1, -0.05) is 91.0 Å². The van der Waals surface area contributed by atoms with Crippen LogP contribution in [0.25, 0.3) is 0 Å². The molecule has 3 aromatic rings. The lowest BCUT2D eigenvalue weighted by molar-refractivity contribution is -0.930. The lowest BCUT2D eigenvalue weighted by Gasteiger charge is -2.42. The van der Waals surface area contributed by atoms with Crippen LogP contribution in [0.1, 0.15) is 55.2 Å². The molecule has 5 aliphatic heterocycles. The number of hydrogen-bond donors (Lipinski definition) is 3. The molecule has 262 valence electrons. The summed E-state index contributed by atoms with van der Waals surface area (Å²) in [6.07, 6.45) is 3.45. The lowest BCUT2D eigenvalue weighted by atomic mass is 9.64. The standard InChI is InChI=1S/C41H48N4O5/c46-33-22-41(43-25-33,37(47)23-40(30-13-4-1-5-14-30,31-15-6-2-7-16-31)32-17-8-3-9-18-32)39(49)44-20-10-19-34(44)38(48)42-24-29-12-11-21-45(26-29)27-35-36(28-45)50-35/h1-9,13-18,29,33-36,43,46H,10-12,19-28H2/p+1/t29-,33-,34-,35?,36?,41+,45?/m1/s1. The van der Waals surface area contributed by atoms with Crippen LogP contribution >= 0.6 is 0 Å². The minimum atomic E-state index is -1.65. The van der Waals surface area contributed by atoms with Crippen molar-refractivity contribution in [3.05, 3.63) is 108 Å². The van der Waals surface area contributed by atoms with Crippen molar-refractivity contribution in [2.75, 3.05) is 45.8 Å². The maximum atomic E-state index is 15.1. The van der Waals surface area contributed by atoms with E-state index in [1.165, 1.54) is 6.54 Å². The van der Waals surface area contributed by atoms with Crippen molar-refractivity contribution >= 4 is 17.6 Å². The summed E-state index contributed by atoms with van der Waals surface area (Å²) in [5.74, 6) is -0.435. The fourth-order valence-corrected chi connectivity index (χ4v) is 9.82. The van der Waals surface area contributed by atoms with Crippen molar-refractivity contribution < 1.29 is 28.7 Å². The highest BCUT2D eigenvalue weighted by molar-refractivity contribution is 6.12. The van der Waals surface area contributed by atoms with E-state index in [0.29, 0.717) is 44.1 Å². The molecular weight excluding hydrogens is 628 g/mol. The lowest BCUT2D eigenvalue weighted by Crippen LogP contribution is -2.63. The van der Waals surface area contributed by atoms with Gasteiger partial charge in [-0.3, -0.25) is 19.7 Å². The molecule has 5 saturated heterocycles. The Kier molecular flexibility index (Phi) is 8.88. The monoisotopic (exact) mass is 677 g/mol. The van der Waals surface area contributed by atoms with Gasteiger partial charge in [0.05, 0.1) is 24.6 Å². The van der Waals surface area contributed by atoms with E-state index >= 15 is 4.79 Å². The van der Waals surface area contributed by atoms with Crippen molar-refractivity contribution in [2.45, 2.75) is 73.8 Å². The zero-order valence-corrected chi connectivity index (χ0v) is 28.7. The van der Waals surface area contributed by atoms with Crippen molar-refractivity contribution in [3.8, 4) is 0 Å². The van der Waals surface area contributed by atoms with E-state index < -0.39 is 29.0 Å². The smallest absolute Gasteiger partial charge is 0.251 e. The predicted molar refractivity (Wildman–Crippen MR) is 189 cm³/mol. The van der Waals surface area contributed by atoms with Crippen LogP contribution in [0.3, 0.4) is 0 Å². The van der Waals surface area contributed by atoms with Crippen LogP contribution in [0, 0.1) is 5.92 Å². The maximum absolute atomic E-state index is 15.1. The molecule has 5 fully saturated rings. The SMILES string of the molecule is O=C(NC[C@H]1CCC[N+]2(CC3OC3C2)C1)[C@H]1CCCN1C(=O)[C@@]1(C(=O)CC(c2ccccc2)(c2ccccc2)c2ccccc2)C[C@@H](O)CN1. The van der Waals surface area contributed by atoms with E-state index in [4.69, 9.17) is 4.74 Å². The minimum absolute atomic E-state index is 0.00433. The number of aliphatic hydroxyl groups is 1. The first-order valence-corrected chi connectivity index (χ1v) is 18.5. The second-order valence-electron chi connectivity index (χ2n) is 15.5. The first-order valence-electron chi connectivity index (χ1n) is 18.5. The first-order chi connectivity index (χ1) is 24.3. The van der Waals surface area contributed by atoms with Gasteiger partial charge in [0.2, 0.25) is 5.91 Å². The normalized spacial score (nSPS) is 31.8. The molecule has 6 atom stereocenters. The van der Waals surface area contributed by atoms with Gasteiger partial charge in [-0.15, -0.1) is 0 Å². The molecule has 9 heteroatoms. The highest BCUT2D eigenvalue weighted by atomic mass is 16.6. The number of piperidine rings is 1. The average Bonchev–Trinajstić information content (AvgIpc) is 3.48. The van der Waals surface area contributed by atoms with Gasteiger partial charge >= 0.3 is 0 Å². The molecule has 2 unspecified atom stereocenters. The number of aliphatic hydroxyl groups excluding tert-OH is 1. The molecule has 3 N–H and O–H groups in total. The van der Waals surface area contributed by atoms with Gasteiger partial charge < -0.3 is 24.5 Å². The molecule has 0 aromatic heterocycles. The number of benzene rings is 3. The van der Waals surface area contributed by atoms with Crippen molar-refractivity contribution in [1.29, 1.82) is 0 Å². The van der Waals surface area contributed by atoms with Gasteiger partial charge in [-0.2, -0.15) is 0 Å². The molecule has 3 aromatic carbocycles. The van der Waals surface area contributed by atoms with Gasteiger partial charge in [0, 0.05) is 38.4 Å². The number of fused-ring (bicyclic) bond motifs is 1. The molecule has 5 aliphatic rings. The van der Waals surface area contributed by atoms with Gasteiger partial charge in [-0.05, 0) is 42.4 Å². The molecule has 0 aliphatic carbocycles. The van der Waals surface area contributed by atoms with Gasteiger partial charge in [0.25, 0.3) is 5.91 Å². The number of β-amino-alcohol motifs (C(OH)–C–C–N with tert-alkyl or cyclic N) is 1. The Hall–Kier alpha value is -3.89. The molecule has 1 spiro atoms. The topological polar surface area (TPSA) is 111 Å². The van der Waals surface area contributed by atoms with E-state index in [9.17, 15) is 14.7 Å². The van der Waals surface area contributed by atoms with E-state index in [2.05, 4.69) is 10.6 Å². The van der Waals surface area contributed by atoms with Gasteiger partial charge in [-0.25, -0.2) is 0 Å². The average molecular weight is 678 g/mol. The fourth-order valence-electron chi connectivity index (χ4n) is 9.82. The molecule has 8 rings (SSSR count). The van der Waals surface area contributed by atoms with E-state index in [0.717, 1.165) is 53.6 Å². The number of nitrogens with zero attached hydrogens (tertiary/aromatic N) is 2. The summed E-state index contributed by atoms with van der Waals surface area (Å²) < 4.78 is 6.83. The number of epoxide rings is 1. The van der Waals surface area contributed by atoms with Crippen LogP contribution in [0.5, 0.6) is 0 Å². The van der Waals surface area contributed by atoms with E-state index in [-0.39, 0.29) is 31.1 Å². The molecule has 9 nitrogen and oxygen atoms in total. The van der Waals surface area contributed by atoms with Crippen LogP contribution in [0.2, 0.25) is 0 Å². The zero-order valence-electron chi connectivity index (χ0n) is 28.7. The molecule has 0 bridgehead atoms. The van der Waals surface area contributed by atoms with Crippen LogP contribution in [0.4, 0.5) is 0 Å². The maximum Gasteiger partial charge on any atom is 0.251 e. The number of likely N-dealkylation sites (tertiary alicyclic amines) is 1.